The topological polar surface area (TPSA) is 20.2 Å². The normalized spacial score (nSPS) is 27.2. The van der Waals surface area contributed by atoms with Crippen LogP contribution in [-0.4, -0.2) is 11.2 Å². The molecule has 1 rings (SSSR count). The lowest BCUT2D eigenvalue weighted by atomic mass is 9.74. The SMILES string of the molecule is CC(O)C1(C)CCCCCCC1. The molecule has 0 heterocycles. The molecule has 1 fully saturated rings. The van der Waals surface area contributed by atoms with Crippen molar-refractivity contribution in [1.82, 2.24) is 0 Å². The van der Waals surface area contributed by atoms with Gasteiger partial charge in [-0.05, 0) is 25.2 Å². The Morgan fingerprint density at radius 2 is 1.42 bits per heavy atom. The van der Waals surface area contributed by atoms with Crippen LogP contribution >= 0.6 is 0 Å². The summed E-state index contributed by atoms with van der Waals surface area (Å²) in [4.78, 5) is 0. The summed E-state index contributed by atoms with van der Waals surface area (Å²) in [6.45, 7) is 4.19. The van der Waals surface area contributed by atoms with Crippen molar-refractivity contribution in [1.29, 1.82) is 0 Å². The highest BCUT2D eigenvalue weighted by Gasteiger charge is 2.29. The van der Waals surface area contributed by atoms with Crippen LogP contribution in [0.25, 0.3) is 0 Å². The van der Waals surface area contributed by atoms with E-state index < -0.39 is 0 Å². The maximum Gasteiger partial charge on any atom is 0.0565 e. The summed E-state index contributed by atoms with van der Waals surface area (Å²) < 4.78 is 0. The first kappa shape index (κ1) is 10.0. The zero-order valence-corrected chi connectivity index (χ0v) is 8.47. The Hall–Kier alpha value is -0.0400. The van der Waals surface area contributed by atoms with E-state index in [9.17, 15) is 5.11 Å². The first-order valence-electron chi connectivity index (χ1n) is 5.33. The number of rotatable bonds is 1. The van der Waals surface area contributed by atoms with Gasteiger partial charge < -0.3 is 5.11 Å². The Morgan fingerprint density at radius 3 is 1.83 bits per heavy atom. The van der Waals surface area contributed by atoms with Crippen molar-refractivity contribution in [3.63, 3.8) is 0 Å². The van der Waals surface area contributed by atoms with Crippen molar-refractivity contribution in [2.24, 2.45) is 5.41 Å². The van der Waals surface area contributed by atoms with E-state index in [0.717, 1.165) is 0 Å². The molecule has 1 saturated carbocycles. The van der Waals surface area contributed by atoms with Gasteiger partial charge in [-0.2, -0.15) is 0 Å². The summed E-state index contributed by atoms with van der Waals surface area (Å²) in [5.41, 5.74) is 0.209. The second-order valence-electron chi connectivity index (χ2n) is 4.60. The molecule has 1 N–H and O–H groups in total. The van der Waals surface area contributed by atoms with Crippen LogP contribution in [-0.2, 0) is 0 Å². The van der Waals surface area contributed by atoms with E-state index in [4.69, 9.17) is 0 Å². The van der Waals surface area contributed by atoms with E-state index in [0.29, 0.717) is 0 Å². The van der Waals surface area contributed by atoms with Crippen molar-refractivity contribution < 1.29 is 5.11 Å². The molecule has 1 aliphatic rings. The Labute approximate surface area is 76.2 Å². The van der Waals surface area contributed by atoms with Crippen LogP contribution in [0, 0.1) is 5.41 Å². The summed E-state index contributed by atoms with van der Waals surface area (Å²) in [6.07, 6.45) is 9.04. The molecule has 0 bridgehead atoms. The molecule has 12 heavy (non-hydrogen) atoms. The van der Waals surface area contributed by atoms with Crippen molar-refractivity contribution in [3.8, 4) is 0 Å². The first-order chi connectivity index (χ1) is 5.65. The molecule has 0 aromatic heterocycles. The minimum absolute atomic E-state index is 0.129. The van der Waals surface area contributed by atoms with Crippen molar-refractivity contribution in [2.75, 3.05) is 0 Å². The summed E-state index contributed by atoms with van der Waals surface area (Å²) in [5, 5.41) is 9.65. The van der Waals surface area contributed by atoms with E-state index in [1.807, 2.05) is 6.92 Å². The number of hydrogen-bond acceptors (Lipinski definition) is 1. The lowest BCUT2D eigenvalue weighted by Crippen LogP contribution is -2.30. The van der Waals surface area contributed by atoms with Crippen molar-refractivity contribution in [2.45, 2.75) is 64.9 Å². The molecule has 0 aromatic carbocycles. The average molecular weight is 170 g/mol. The third-order valence-corrected chi connectivity index (χ3v) is 3.50. The molecule has 0 amide bonds. The minimum atomic E-state index is -0.129. The van der Waals surface area contributed by atoms with Crippen LogP contribution in [0.4, 0.5) is 0 Å². The molecule has 0 saturated heterocycles. The lowest BCUT2D eigenvalue weighted by molar-refractivity contribution is 0.0316. The Morgan fingerprint density at radius 1 is 1.00 bits per heavy atom. The van der Waals surface area contributed by atoms with E-state index in [1.54, 1.807) is 0 Å². The molecule has 0 spiro atoms. The summed E-state index contributed by atoms with van der Waals surface area (Å²) in [7, 11) is 0. The van der Waals surface area contributed by atoms with E-state index in [2.05, 4.69) is 6.92 Å². The highest BCUT2D eigenvalue weighted by Crippen LogP contribution is 2.36. The smallest absolute Gasteiger partial charge is 0.0565 e. The van der Waals surface area contributed by atoms with Crippen LogP contribution in [0.3, 0.4) is 0 Å². The fraction of sp³-hybridized carbons (Fsp3) is 1.00. The maximum atomic E-state index is 9.65. The standard InChI is InChI=1S/C11H22O/c1-10(12)11(2)8-6-4-3-5-7-9-11/h10,12H,3-9H2,1-2H3. The van der Waals surface area contributed by atoms with Gasteiger partial charge in [0.1, 0.15) is 0 Å². The van der Waals surface area contributed by atoms with Crippen molar-refractivity contribution >= 4 is 0 Å². The first-order valence-corrected chi connectivity index (χ1v) is 5.33. The van der Waals surface area contributed by atoms with E-state index in [1.165, 1.54) is 44.9 Å². The van der Waals surface area contributed by atoms with Gasteiger partial charge in [-0.25, -0.2) is 0 Å². The van der Waals surface area contributed by atoms with Crippen LogP contribution in [0.5, 0.6) is 0 Å². The molecular weight excluding hydrogens is 148 g/mol. The predicted octanol–water partition coefficient (Wildman–Crippen LogP) is 3.12. The quantitative estimate of drug-likeness (QED) is 0.641. The largest absolute Gasteiger partial charge is 0.393 e. The van der Waals surface area contributed by atoms with Gasteiger partial charge in [-0.1, -0.05) is 39.0 Å². The Kier molecular flexibility index (Phi) is 3.57. The van der Waals surface area contributed by atoms with Gasteiger partial charge >= 0.3 is 0 Å². The third kappa shape index (κ3) is 2.48. The third-order valence-electron chi connectivity index (χ3n) is 3.50. The minimum Gasteiger partial charge on any atom is -0.393 e. The maximum absolute atomic E-state index is 9.65. The van der Waals surface area contributed by atoms with Crippen molar-refractivity contribution in [3.05, 3.63) is 0 Å². The summed E-state index contributed by atoms with van der Waals surface area (Å²) >= 11 is 0. The zero-order valence-electron chi connectivity index (χ0n) is 8.47. The molecular formula is C11H22O. The Balaban J connectivity index is 2.48. The van der Waals surface area contributed by atoms with Crippen LogP contribution in [0.2, 0.25) is 0 Å². The van der Waals surface area contributed by atoms with Gasteiger partial charge in [0.25, 0.3) is 0 Å². The summed E-state index contributed by atoms with van der Waals surface area (Å²) in [5.74, 6) is 0. The molecule has 0 aliphatic heterocycles. The number of aliphatic hydroxyl groups is 1. The highest BCUT2D eigenvalue weighted by molar-refractivity contribution is 4.80. The van der Waals surface area contributed by atoms with Crippen LogP contribution in [0.1, 0.15) is 58.8 Å². The van der Waals surface area contributed by atoms with Gasteiger partial charge in [-0.3, -0.25) is 0 Å². The number of aliphatic hydroxyl groups excluding tert-OH is 1. The highest BCUT2D eigenvalue weighted by atomic mass is 16.3. The Bertz CT molecular complexity index is 121. The van der Waals surface area contributed by atoms with Gasteiger partial charge in [0.2, 0.25) is 0 Å². The van der Waals surface area contributed by atoms with E-state index in [-0.39, 0.29) is 11.5 Å². The molecule has 0 radical (unpaired) electrons. The van der Waals surface area contributed by atoms with Crippen LogP contribution in [0.15, 0.2) is 0 Å². The second-order valence-corrected chi connectivity index (χ2v) is 4.60. The molecule has 0 aromatic rings. The molecule has 72 valence electrons. The van der Waals surface area contributed by atoms with Crippen LogP contribution < -0.4 is 0 Å². The van der Waals surface area contributed by atoms with Gasteiger partial charge in [0, 0.05) is 0 Å². The molecule has 1 nitrogen and oxygen atoms in total. The van der Waals surface area contributed by atoms with Gasteiger partial charge in [0.05, 0.1) is 6.10 Å². The monoisotopic (exact) mass is 170 g/mol. The molecule has 1 heteroatoms. The number of hydrogen-bond donors (Lipinski definition) is 1. The predicted molar refractivity (Wildman–Crippen MR) is 52.1 cm³/mol. The molecule has 1 unspecified atom stereocenters. The average Bonchev–Trinajstić information content (AvgIpc) is 1.97. The fourth-order valence-electron chi connectivity index (χ4n) is 2.13. The summed E-state index contributed by atoms with van der Waals surface area (Å²) in [6, 6.07) is 0. The van der Waals surface area contributed by atoms with Gasteiger partial charge in [-0.15, -0.1) is 0 Å². The fourth-order valence-corrected chi connectivity index (χ4v) is 2.13. The van der Waals surface area contributed by atoms with E-state index >= 15 is 0 Å². The second kappa shape index (κ2) is 4.27. The molecule has 1 atom stereocenters. The lowest BCUT2D eigenvalue weighted by Gasteiger charge is -2.34. The molecule has 1 aliphatic carbocycles. The van der Waals surface area contributed by atoms with Gasteiger partial charge in [0.15, 0.2) is 0 Å². The zero-order chi connectivity index (χ0) is 9.03.